The zero-order valence-electron chi connectivity index (χ0n) is 11.5. The van der Waals surface area contributed by atoms with E-state index in [9.17, 15) is 4.79 Å². The molecule has 0 spiro atoms. The van der Waals surface area contributed by atoms with E-state index in [1.54, 1.807) is 13.1 Å². The predicted molar refractivity (Wildman–Crippen MR) is 72.9 cm³/mol. The number of rotatable bonds is 4. The van der Waals surface area contributed by atoms with Crippen molar-refractivity contribution >= 4 is 5.97 Å². The first-order chi connectivity index (χ1) is 8.38. The molecule has 1 aromatic carbocycles. The highest BCUT2D eigenvalue weighted by Crippen LogP contribution is 2.10. The van der Waals surface area contributed by atoms with Crippen molar-refractivity contribution in [1.82, 2.24) is 5.32 Å². The average Bonchev–Trinajstić information content (AvgIpc) is 2.28. The van der Waals surface area contributed by atoms with Crippen molar-refractivity contribution in [1.29, 1.82) is 0 Å². The Bertz CT molecular complexity index is 416. The second kappa shape index (κ2) is 6.24. The number of hydrogen-bond donors (Lipinski definition) is 1. The van der Waals surface area contributed by atoms with Gasteiger partial charge in [0.1, 0.15) is 5.60 Å². The van der Waals surface area contributed by atoms with E-state index in [1.165, 1.54) is 5.56 Å². The van der Waals surface area contributed by atoms with Gasteiger partial charge in [-0.25, -0.2) is 4.79 Å². The van der Waals surface area contributed by atoms with E-state index in [0.717, 1.165) is 0 Å². The van der Waals surface area contributed by atoms with Crippen LogP contribution >= 0.6 is 0 Å². The highest BCUT2D eigenvalue weighted by atomic mass is 16.6. The van der Waals surface area contributed by atoms with E-state index in [0.29, 0.717) is 12.1 Å². The van der Waals surface area contributed by atoms with E-state index in [2.05, 4.69) is 5.32 Å². The van der Waals surface area contributed by atoms with Gasteiger partial charge in [-0.05, 0) is 33.3 Å². The molecule has 1 rings (SSSR count). The predicted octanol–water partition coefficient (Wildman–Crippen LogP) is 3.02. The quantitative estimate of drug-likeness (QED) is 0.656. The lowest BCUT2D eigenvalue weighted by Crippen LogP contribution is -2.24. The van der Waals surface area contributed by atoms with Gasteiger partial charge in [0, 0.05) is 18.3 Å². The fourth-order valence-corrected chi connectivity index (χ4v) is 1.34. The number of ether oxygens (including phenoxy) is 1. The molecule has 98 valence electrons. The molecule has 0 radical (unpaired) electrons. The lowest BCUT2D eigenvalue weighted by Gasteiger charge is -2.19. The van der Waals surface area contributed by atoms with Crippen molar-refractivity contribution < 1.29 is 9.53 Å². The van der Waals surface area contributed by atoms with Crippen LogP contribution in [0.5, 0.6) is 0 Å². The van der Waals surface area contributed by atoms with E-state index in [4.69, 9.17) is 4.74 Å². The van der Waals surface area contributed by atoms with Gasteiger partial charge < -0.3 is 10.1 Å². The first-order valence-corrected chi connectivity index (χ1v) is 6.06. The van der Waals surface area contributed by atoms with Crippen LogP contribution in [0, 0.1) is 0 Å². The maximum Gasteiger partial charge on any atom is 0.335 e. The number of esters is 1. The zero-order chi connectivity index (χ0) is 13.6. The minimum atomic E-state index is -0.453. The molecule has 0 aliphatic rings. The van der Waals surface area contributed by atoms with Crippen LogP contribution in [-0.4, -0.2) is 11.6 Å². The van der Waals surface area contributed by atoms with Crippen molar-refractivity contribution in [3.05, 3.63) is 47.7 Å². The molecular weight excluding hydrogens is 226 g/mol. The lowest BCUT2D eigenvalue weighted by molar-refractivity contribution is -0.149. The van der Waals surface area contributed by atoms with E-state index in [1.807, 2.05) is 51.1 Å². The SMILES string of the molecule is CC(=CNCc1ccccc1)C(=O)OC(C)(C)C. The molecule has 1 aromatic rings. The molecular formula is C15H21NO2. The summed E-state index contributed by atoms with van der Waals surface area (Å²) in [6, 6.07) is 10.0. The molecule has 3 heteroatoms. The molecule has 0 atom stereocenters. The number of nitrogens with one attached hydrogen (secondary N) is 1. The highest BCUT2D eigenvalue weighted by Gasteiger charge is 2.17. The van der Waals surface area contributed by atoms with Gasteiger partial charge in [-0.15, -0.1) is 0 Å². The summed E-state index contributed by atoms with van der Waals surface area (Å²) in [6.45, 7) is 8.01. The van der Waals surface area contributed by atoms with Gasteiger partial charge in [-0.1, -0.05) is 30.3 Å². The van der Waals surface area contributed by atoms with Crippen molar-refractivity contribution in [3.8, 4) is 0 Å². The van der Waals surface area contributed by atoms with Gasteiger partial charge in [0.25, 0.3) is 0 Å². The summed E-state index contributed by atoms with van der Waals surface area (Å²) in [6.07, 6.45) is 1.70. The summed E-state index contributed by atoms with van der Waals surface area (Å²) in [5.74, 6) is -0.289. The molecule has 0 fully saturated rings. The van der Waals surface area contributed by atoms with Gasteiger partial charge in [-0.3, -0.25) is 0 Å². The minimum absolute atomic E-state index is 0.289. The first kappa shape index (κ1) is 14.3. The molecule has 3 nitrogen and oxygen atoms in total. The summed E-state index contributed by atoms with van der Waals surface area (Å²) in [4.78, 5) is 11.7. The summed E-state index contributed by atoms with van der Waals surface area (Å²) in [5, 5.41) is 3.11. The number of carbonyl (C=O) groups excluding carboxylic acids is 1. The number of carbonyl (C=O) groups is 1. The third-order valence-electron chi connectivity index (χ3n) is 2.19. The molecule has 0 unspecified atom stereocenters. The van der Waals surface area contributed by atoms with E-state index in [-0.39, 0.29) is 5.97 Å². The Morgan fingerprint density at radius 2 is 1.89 bits per heavy atom. The Balaban J connectivity index is 2.45. The fourth-order valence-electron chi connectivity index (χ4n) is 1.34. The molecule has 0 heterocycles. The van der Waals surface area contributed by atoms with Crippen molar-refractivity contribution in [3.63, 3.8) is 0 Å². The summed E-state index contributed by atoms with van der Waals surface area (Å²) >= 11 is 0. The third kappa shape index (κ3) is 5.53. The number of hydrogen-bond acceptors (Lipinski definition) is 3. The minimum Gasteiger partial charge on any atom is -0.457 e. The maximum atomic E-state index is 11.7. The van der Waals surface area contributed by atoms with Gasteiger partial charge in [0.2, 0.25) is 0 Å². The third-order valence-corrected chi connectivity index (χ3v) is 2.19. The van der Waals surface area contributed by atoms with Crippen molar-refractivity contribution in [2.24, 2.45) is 0 Å². The highest BCUT2D eigenvalue weighted by molar-refractivity contribution is 5.87. The maximum absolute atomic E-state index is 11.7. The summed E-state index contributed by atoms with van der Waals surface area (Å²) in [5.41, 5.74) is 1.29. The Morgan fingerprint density at radius 1 is 1.28 bits per heavy atom. The van der Waals surface area contributed by atoms with Gasteiger partial charge in [0.05, 0.1) is 0 Å². The van der Waals surface area contributed by atoms with E-state index < -0.39 is 5.60 Å². The Hall–Kier alpha value is -1.77. The van der Waals surface area contributed by atoms with Crippen LogP contribution in [0.4, 0.5) is 0 Å². The lowest BCUT2D eigenvalue weighted by atomic mass is 10.2. The molecule has 0 bridgehead atoms. The number of benzene rings is 1. The standard InChI is InChI=1S/C15H21NO2/c1-12(14(17)18-15(2,3)4)10-16-11-13-8-6-5-7-9-13/h5-10,16H,11H2,1-4H3. The van der Waals surface area contributed by atoms with Crippen LogP contribution in [0.15, 0.2) is 42.1 Å². The molecule has 0 saturated heterocycles. The Kier molecular flexibility index (Phi) is 4.95. The normalized spacial score (nSPS) is 12.1. The topological polar surface area (TPSA) is 38.3 Å². The van der Waals surface area contributed by atoms with Crippen LogP contribution < -0.4 is 5.32 Å². The van der Waals surface area contributed by atoms with Crippen LogP contribution in [-0.2, 0) is 16.1 Å². The molecule has 18 heavy (non-hydrogen) atoms. The fraction of sp³-hybridized carbons (Fsp3) is 0.400. The molecule has 0 aromatic heterocycles. The molecule has 0 saturated carbocycles. The van der Waals surface area contributed by atoms with E-state index >= 15 is 0 Å². The van der Waals surface area contributed by atoms with Crippen molar-refractivity contribution in [2.75, 3.05) is 0 Å². The molecule has 0 aliphatic heterocycles. The second-order valence-electron chi connectivity index (χ2n) is 5.20. The molecule has 0 aliphatic carbocycles. The van der Waals surface area contributed by atoms with Crippen LogP contribution in [0.2, 0.25) is 0 Å². The molecule has 1 N–H and O–H groups in total. The van der Waals surface area contributed by atoms with Crippen LogP contribution in [0.25, 0.3) is 0 Å². The average molecular weight is 247 g/mol. The monoisotopic (exact) mass is 247 g/mol. The van der Waals surface area contributed by atoms with Crippen molar-refractivity contribution in [2.45, 2.75) is 39.8 Å². The van der Waals surface area contributed by atoms with Gasteiger partial charge >= 0.3 is 5.97 Å². The van der Waals surface area contributed by atoms with Gasteiger partial charge in [0.15, 0.2) is 0 Å². The Morgan fingerprint density at radius 3 is 2.44 bits per heavy atom. The first-order valence-electron chi connectivity index (χ1n) is 6.06. The summed E-state index contributed by atoms with van der Waals surface area (Å²) < 4.78 is 5.26. The Labute approximate surface area is 109 Å². The largest absolute Gasteiger partial charge is 0.457 e. The zero-order valence-corrected chi connectivity index (χ0v) is 11.5. The molecule has 0 amide bonds. The van der Waals surface area contributed by atoms with Crippen LogP contribution in [0.1, 0.15) is 33.3 Å². The summed E-state index contributed by atoms with van der Waals surface area (Å²) in [7, 11) is 0. The second-order valence-corrected chi connectivity index (χ2v) is 5.20. The smallest absolute Gasteiger partial charge is 0.335 e. The van der Waals surface area contributed by atoms with Gasteiger partial charge in [-0.2, -0.15) is 0 Å². The van der Waals surface area contributed by atoms with Crippen LogP contribution in [0.3, 0.4) is 0 Å².